The van der Waals surface area contributed by atoms with E-state index < -0.39 is 0 Å². The maximum Gasteiger partial charge on any atom is 0.257 e. The maximum atomic E-state index is 12.9. The average Bonchev–Trinajstić information content (AvgIpc) is 2.33. The van der Waals surface area contributed by atoms with Crippen LogP contribution in [0.4, 0.5) is 15.9 Å². The Hall–Kier alpha value is -1.95. The van der Waals surface area contributed by atoms with Crippen molar-refractivity contribution in [2.45, 2.75) is 0 Å². The van der Waals surface area contributed by atoms with Gasteiger partial charge in [-0.05, 0) is 46.3 Å². The van der Waals surface area contributed by atoms with Gasteiger partial charge < -0.3 is 11.1 Å². The van der Waals surface area contributed by atoms with Gasteiger partial charge in [0.05, 0.1) is 11.3 Å². The zero-order chi connectivity index (χ0) is 13.1. The van der Waals surface area contributed by atoms with Crippen LogP contribution >= 0.6 is 15.9 Å². The summed E-state index contributed by atoms with van der Waals surface area (Å²) >= 11 is 3.17. The predicted molar refractivity (Wildman–Crippen MR) is 70.7 cm³/mol. The molecule has 6 heteroatoms. The molecule has 1 aromatic heterocycles. The third-order valence-electron chi connectivity index (χ3n) is 2.23. The third kappa shape index (κ3) is 2.84. The minimum atomic E-state index is -0.381. The minimum absolute atomic E-state index is 0.338. The quantitative estimate of drug-likeness (QED) is 0.896. The number of rotatable bonds is 2. The van der Waals surface area contributed by atoms with E-state index >= 15 is 0 Å². The molecule has 2 rings (SSSR count). The molecule has 0 spiro atoms. The first-order valence-corrected chi connectivity index (χ1v) is 5.83. The van der Waals surface area contributed by atoms with Crippen molar-refractivity contribution in [1.29, 1.82) is 0 Å². The smallest absolute Gasteiger partial charge is 0.257 e. The monoisotopic (exact) mass is 309 g/mol. The molecule has 92 valence electrons. The summed E-state index contributed by atoms with van der Waals surface area (Å²) in [6.07, 6.45) is 1.38. The van der Waals surface area contributed by atoms with Gasteiger partial charge in [-0.1, -0.05) is 0 Å². The van der Waals surface area contributed by atoms with Crippen LogP contribution in [0.1, 0.15) is 10.4 Å². The van der Waals surface area contributed by atoms with E-state index in [9.17, 15) is 9.18 Å². The topological polar surface area (TPSA) is 68.0 Å². The van der Waals surface area contributed by atoms with Crippen molar-refractivity contribution >= 4 is 33.3 Å². The first-order chi connectivity index (χ1) is 8.56. The SMILES string of the molecule is Nc1ccc(C(=O)Nc2ccc(F)cc2Br)cn1. The van der Waals surface area contributed by atoms with Crippen molar-refractivity contribution in [3.8, 4) is 0 Å². The van der Waals surface area contributed by atoms with Gasteiger partial charge in [0.1, 0.15) is 11.6 Å². The summed E-state index contributed by atoms with van der Waals surface area (Å²) in [7, 11) is 0. The fourth-order valence-electron chi connectivity index (χ4n) is 1.32. The molecule has 0 aliphatic heterocycles. The summed E-state index contributed by atoms with van der Waals surface area (Å²) in [5.41, 5.74) is 6.29. The van der Waals surface area contributed by atoms with Crippen LogP contribution in [0, 0.1) is 5.82 Å². The van der Waals surface area contributed by atoms with E-state index in [1.165, 1.54) is 30.5 Å². The fraction of sp³-hybridized carbons (Fsp3) is 0. The van der Waals surface area contributed by atoms with Crippen LogP contribution in [-0.4, -0.2) is 10.9 Å². The van der Waals surface area contributed by atoms with Crippen LogP contribution in [0.3, 0.4) is 0 Å². The Morgan fingerprint density at radius 1 is 1.33 bits per heavy atom. The highest BCUT2D eigenvalue weighted by Gasteiger charge is 2.09. The Bertz CT molecular complexity index is 586. The lowest BCUT2D eigenvalue weighted by atomic mass is 10.2. The number of benzene rings is 1. The number of amides is 1. The summed E-state index contributed by atoms with van der Waals surface area (Å²) in [6, 6.07) is 7.12. The molecule has 1 aromatic carbocycles. The molecule has 0 bridgehead atoms. The van der Waals surface area contributed by atoms with Crippen LogP contribution in [-0.2, 0) is 0 Å². The molecule has 4 nitrogen and oxygen atoms in total. The van der Waals surface area contributed by atoms with E-state index in [1.54, 1.807) is 6.07 Å². The van der Waals surface area contributed by atoms with Crippen molar-refractivity contribution in [1.82, 2.24) is 4.98 Å². The van der Waals surface area contributed by atoms with Crippen molar-refractivity contribution in [3.05, 3.63) is 52.4 Å². The molecule has 0 unspecified atom stereocenters. The Kier molecular flexibility index (Phi) is 3.57. The molecular formula is C12H9BrFN3O. The number of carbonyl (C=O) groups is 1. The number of nitrogen functional groups attached to an aromatic ring is 1. The van der Waals surface area contributed by atoms with Gasteiger partial charge in [0.2, 0.25) is 0 Å². The molecule has 1 amide bonds. The first-order valence-electron chi connectivity index (χ1n) is 5.04. The normalized spacial score (nSPS) is 10.1. The van der Waals surface area contributed by atoms with Crippen LogP contribution < -0.4 is 11.1 Å². The molecule has 0 saturated heterocycles. The van der Waals surface area contributed by atoms with E-state index in [0.717, 1.165) is 0 Å². The molecule has 0 aliphatic rings. The molecule has 1 heterocycles. The van der Waals surface area contributed by atoms with Crippen LogP contribution in [0.2, 0.25) is 0 Å². The molecule has 0 saturated carbocycles. The lowest BCUT2D eigenvalue weighted by Gasteiger charge is -2.07. The summed E-state index contributed by atoms with van der Waals surface area (Å²) in [5, 5.41) is 2.64. The number of hydrogen-bond donors (Lipinski definition) is 2. The van der Waals surface area contributed by atoms with Gasteiger partial charge in [-0.3, -0.25) is 4.79 Å². The molecule has 0 atom stereocenters. The van der Waals surface area contributed by atoms with E-state index in [-0.39, 0.29) is 11.7 Å². The molecule has 18 heavy (non-hydrogen) atoms. The number of nitrogens with zero attached hydrogens (tertiary/aromatic N) is 1. The van der Waals surface area contributed by atoms with Gasteiger partial charge in [0.15, 0.2) is 0 Å². The largest absolute Gasteiger partial charge is 0.384 e. The van der Waals surface area contributed by atoms with Crippen LogP contribution in [0.15, 0.2) is 41.0 Å². The van der Waals surface area contributed by atoms with Gasteiger partial charge in [0, 0.05) is 10.7 Å². The second-order valence-corrected chi connectivity index (χ2v) is 4.40. The summed E-state index contributed by atoms with van der Waals surface area (Å²) in [6.45, 7) is 0. The Labute approximate surface area is 111 Å². The van der Waals surface area contributed by atoms with Gasteiger partial charge in [0.25, 0.3) is 5.91 Å². The maximum absolute atomic E-state index is 12.9. The number of nitrogens with two attached hydrogens (primary N) is 1. The lowest BCUT2D eigenvalue weighted by molar-refractivity contribution is 0.102. The highest BCUT2D eigenvalue weighted by atomic mass is 79.9. The summed E-state index contributed by atoms with van der Waals surface area (Å²) in [4.78, 5) is 15.7. The fourth-order valence-corrected chi connectivity index (χ4v) is 1.77. The number of nitrogens with one attached hydrogen (secondary N) is 1. The van der Waals surface area contributed by atoms with Gasteiger partial charge in [-0.15, -0.1) is 0 Å². The second kappa shape index (κ2) is 5.14. The molecule has 2 aromatic rings. The van der Waals surface area contributed by atoms with Crippen molar-refractivity contribution in [2.75, 3.05) is 11.1 Å². The van der Waals surface area contributed by atoms with Gasteiger partial charge in [-0.2, -0.15) is 0 Å². The number of halogens is 2. The van der Waals surface area contributed by atoms with Crippen molar-refractivity contribution in [3.63, 3.8) is 0 Å². The van der Waals surface area contributed by atoms with Crippen LogP contribution in [0.5, 0.6) is 0 Å². The number of carbonyl (C=O) groups excluding carboxylic acids is 1. The highest BCUT2D eigenvalue weighted by Crippen LogP contribution is 2.23. The van der Waals surface area contributed by atoms with Crippen molar-refractivity contribution < 1.29 is 9.18 Å². The zero-order valence-corrected chi connectivity index (χ0v) is 10.7. The summed E-state index contributed by atoms with van der Waals surface area (Å²) in [5.74, 6) is -0.377. The predicted octanol–water partition coefficient (Wildman–Crippen LogP) is 2.82. The molecule has 0 fully saturated rings. The number of hydrogen-bond acceptors (Lipinski definition) is 3. The Morgan fingerprint density at radius 3 is 2.72 bits per heavy atom. The van der Waals surface area contributed by atoms with E-state index in [2.05, 4.69) is 26.2 Å². The molecule has 0 aliphatic carbocycles. The second-order valence-electron chi connectivity index (χ2n) is 3.55. The number of pyridine rings is 1. The minimum Gasteiger partial charge on any atom is -0.384 e. The van der Waals surface area contributed by atoms with Crippen molar-refractivity contribution in [2.24, 2.45) is 0 Å². The number of aromatic nitrogens is 1. The summed E-state index contributed by atoms with van der Waals surface area (Å²) < 4.78 is 13.4. The van der Waals surface area contributed by atoms with E-state index in [1.807, 2.05) is 0 Å². The molecular weight excluding hydrogens is 301 g/mol. The Balaban J connectivity index is 2.18. The molecule has 3 N–H and O–H groups in total. The number of anilines is 2. The lowest BCUT2D eigenvalue weighted by Crippen LogP contribution is -2.12. The van der Waals surface area contributed by atoms with E-state index in [0.29, 0.717) is 21.5 Å². The zero-order valence-electron chi connectivity index (χ0n) is 9.15. The van der Waals surface area contributed by atoms with Crippen LogP contribution in [0.25, 0.3) is 0 Å². The Morgan fingerprint density at radius 2 is 2.11 bits per heavy atom. The standard InChI is InChI=1S/C12H9BrFN3O/c13-9-5-8(14)2-3-10(9)17-12(18)7-1-4-11(15)16-6-7/h1-6H,(H2,15,16)(H,17,18). The van der Waals surface area contributed by atoms with Gasteiger partial charge in [-0.25, -0.2) is 9.37 Å². The van der Waals surface area contributed by atoms with E-state index in [4.69, 9.17) is 5.73 Å². The average molecular weight is 310 g/mol. The third-order valence-corrected chi connectivity index (χ3v) is 2.88. The highest BCUT2D eigenvalue weighted by molar-refractivity contribution is 9.10. The molecule has 0 radical (unpaired) electrons. The first kappa shape index (κ1) is 12.5. The van der Waals surface area contributed by atoms with Gasteiger partial charge >= 0.3 is 0 Å².